The van der Waals surface area contributed by atoms with Gasteiger partial charge in [-0.05, 0) is 63.7 Å². The van der Waals surface area contributed by atoms with Crippen molar-refractivity contribution in [3.8, 4) is 0 Å². The molecule has 0 bridgehead atoms. The smallest absolute Gasteiger partial charge is 0.0439 e. The number of halogens is 2. The Balaban J connectivity index is 2.28. The molecule has 2 rings (SSSR count). The molecule has 0 amide bonds. The summed E-state index contributed by atoms with van der Waals surface area (Å²) in [6.07, 6.45) is 6.03. The number of rotatable bonds is 6. The van der Waals surface area contributed by atoms with E-state index in [0.717, 1.165) is 28.6 Å². The Labute approximate surface area is 138 Å². The van der Waals surface area contributed by atoms with Crippen LogP contribution in [0.2, 0.25) is 10.0 Å². The molecule has 0 aromatic heterocycles. The second-order valence-corrected chi connectivity index (χ2v) is 7.10. The molecule has 0 heterocycles. The van der Waals surface area contributed by atoms with Crippen molar-refractivity contribution < 1.29 is 0 Å². The summed E-state index contributed by atoms with van der Waals surface area (Å²) in [6, 6.07) is 6.16. The minimum absolute atomic E-state index is 0.224. The second-order valence-electron chi connectivity index (χ2n) is 6.26. The number of likely N-dealkylation sites (N-methyl/N-ethyl adjacent to an activating group) is 2. The third-order valence-corrected chi connectivity index (χ3v) is 5.49. The average molecular weight is 329 g/mol. The summed E-state index contributed by atoms with van der Waals surface area (Å²) >= 11 is 12.5. The Morgan fingerprint density at radius 2 is 1.90 bits per heavy atom. The highest BCUT2D eigenvalue weighted by atomic mass is 35.5. The molecule has 1 aromatic carbocycles. The van der Waals surface area contributed by atoms with E-state index in [0.29, 0.717) is 6.04 Å². The van der Waals surface area contributed by atoms with Crippen LogP contribution in [0.1, 0.15) is 38.2 Å². The highest BCUT2D eigenvalue weighted by Gasteiger charge is 2.42. The fourth-order valence-corrected chi connectivity index (χ4v) is 4.10. The summed E-state index contributed by atoms with van der Waals surface area (Å²) in [5.74, 6) is 0. The molecule has 21 heavy (non-hydrogen) atoms. The standard InChI is InChI=1S/C17H26Cl2N2/c1-4-20-16(17(21(2)3)9-5-6-10-17)12-13-11-14(18)7-8-15(13)19/h7-8,11,16,20H,4-6,9-10,12H2,1-3H3. The van der Waals surface area contributed by atoms with Crippen molar-refractivity contribution in [2.45, 2.75) is 50.6 Å². The van der Waals surface area contributed by atoms with Crippen molar-refractivity contribution in [3.63, 3.8) is 0 Å². The molecule has 0 saturated heterocycles. The molecule has 4 heteroatoms. The Bertz CT molecular complexity index is 468. The molecule has 0 aliphatic heterocycles. The lowest BCUT2D eigenvalue weighted by Gasteiger charge is -2.44. The third kappa shape index (κ3) is 3.73. The van der Waals surface area contributed by atoms with Gasteiger partial charge in [0.2, 0.25) is 0 Å². The van der Waals surface area contributed by atoms with Gasteiger partial charge in [-0.15, -0.1) is 0 Å². The van der Waals surface area contributed by atoms with Gasteiger partial charge in [0.05, 0.1) is 0 Å². The zero-order chi connectivity index (χ0) is 15.5. The van der Waals surface area contributed by atoms with Crippen molar-refractivity contribution >= 4 is 23.2 Å². The molecule has 1 aromatic rings. The zero-order valence-electron chi connectivity index (χ0n) is 13.3. The molecule has 1 aliphatic rings. The van der Waals surface area contributed by atoms with E-state index in [9.17, 15) is 0 Å². The molecular formula is C17H26Cl2N2. The minimum Gasteiger partial charge on any atom is -0.312 e. The van der Waals surface area contributed by atoms with Crippen molar-refractivity contribution in [2.75, 3.05) is 20.6 Å². The number of nitrogens with one attached hydrogen (secondary N) is 1. The predicted octanol–water partition coefficient (Wildman–Crippen LogP) is 4.39. The van der Waals surface area contributed by atoms with Gasteiger partial charge in [0, 0.05) is 21.6 Å². The highest BCUT2D eigenvalue weighted by Crippen LogP contribution is 2.38. The highest BCUT2D eigenvalue weighted by molar-refractivity contribution is 6.33. The van der Waals surface area contributed by atoms with Crippen LogP contribution in [0.15, 0.2) is 18.2 Å². The van der Waals surface area contributed by atoms with Gasteiger partial charge >= 0.3 is 0 Å². The number of hydrogen-bond donors (Lipinski definition) is 1. The summed E-state index contributed by atoms with van der Waals surface area (Å²) in [5.41, 5.74) is 1.37. The summed E-state index contributed by atoms with van der Waals surface area (Å²) in [4.78, 5) is 2.41. The number of hydrogen-bond acceptors (Lipinski definition) is 2. The Hall–Kier alpha value is -0.280. The van der Waals surface area contributed by atoms with Crippen LogP contribution in [0.5, 0.6) is 0 Å². The van der Waals surface area contributed by atoms with Gasteiger partial charge in [-0.25, -0.2) is 0 Å². The van der Waals surface area contributed by atoms with Gasteiger partial charge in [0.1, 0.15) is 0 Å². The largest absolute Gasteiger partial charge is 0.312 e. The van der Waals surface area contributed by atoms with Crippen LogP contribution in [0.4, 0.5) is 0 Å². The topological polar surface area (TPSA) is 15.3 Å². The van der Waals surface area contributed by atoms with Crippen LogP contribution >= 0.6 is 23.2 Å². The molecule has 0 spiro atoms. The van der Waals surface area contributed by atoms with Gasteiger partial charge in [-0.1, -0.05) is 43.0 Å². The van der Waals surface area contributed by atoms with Gasteiger partial charge in [0.15, 0.2) is 0 Å². The van der Waals surface area contributed by atoms with E-state index in [1.165, 1.54) is 25.7 Å². The van der Waals surface area contributed by atoms with E-state index < -0.39 is 0 Å². The maximum atomic E-state index is 6.37. The Morgan fingerprint density at radius 3 is 2.48 bits per heavy atom. The van der Waals surface area contributed by atoms with Crippen molar-refractivity contribution in [3.05, 3.63) is 33.8 Å². The first kappa shape index (κ1) is 17.1. The van der Waals surface area contributed by atoms with Crippen molar-refractivity contribution in [2.24, 2.45) is 0 Å². The monoisotopic (exact) mass is 328 g/mol. The molecule has 0 radical (unpaired) electrons. The average Bonchev–Trinajstić information content (AvgIpc) is 2.93. The molecule has 1 N–H and O–H groups in total. The van der Waals surface area contributed by atoms with Gasteiger partial charge < -0.3 is 10.2 Å². The molecular weight excluding hydrogens is 303 g/mol. The molecule has 1 fully saturated rings. The quantitative estimate of drug-likeness (QED) is 0.833. The van der Waals surface area contributed by atoms with E-state index in [-0.39, 0.29) is 5.54 Å². The van der Waals surface area contributed by atoms with Crippen LogP contribution < -0.4 is 5.32 Å². The molecule has 1 atom stereocenters. The van der Waals surface area contributed by atoms with E-state index in [4.69, 9.17) is 23.2 Å². The van der Waals surface area contributed by atoms with Gasteiger partial charge in [0.25, 0.3) is 0 Å². The summed E-state index contributed by atoms with van der Waals surface area (Å²) in [5, 5.41) is 5.27. The maximum Gasteiger partial charge on any atom is 0.0439 e. The lowest BCUT2D eigenvalue weighted by atomic mass is 9.83. The first-order chi connectivity index (χ1) is 9.99. The van der Waals surface area contributed by atoms with Crippen LogP contribution in [0.25, 0.3) is 0 Å². The Morgan fingerprint density at radius 1 is 1.24 bits per heavy atom. The minimum atomic E-state index is 0.224. The van der Waals surface area contributed by atoms with Gasteiger partial charge in [-0.3, -0.25) is 0 Å². The van der Waals surface area contributed by atoms with Gasteiger partial charge in [-0.2, -0.15) is 0 Å². The van der Waals surface area contributed by atoms with Crippen LogP contribution in [-0.2, 0) is 6.42 Å². The number of nitrogens with zero attached hydrogens (tertiary/aromatic N) is 1. The maximum absolute atomic E-state index is 6.37. The van der Waals surface area contributed by atoms with Crippen LogP contribution in [-0.4, -0.2) is 37.1 Å². The molecule has 1 aliphatic carbocycles. The van der Waals surface area contributed by atoms with Crippen molar-refractivity contribution in [1.29, 1.82) is 0 Å². The fraction of sp³-hybridized carbons (Fsp3) is 0.647. The second kappa shape index (κ2) is 7.32. The lowest BCUT2D eigenvalue weighted by Crippen LogP contribution is -2.58. The first-order valence-corrected chi connectivity index (χ1v) is 8.60. The molecule has 2 nitrogen and oxygen atoms in total. The summed E-state index contributed by atoms with van der Waals surface area (Å²) in [7, 11) is 4.41. The third-order valence-electron chi connectivity index (χ3n) is 4.89. The van der Waals surface area contributed by atoms with E-state index in [1.54, 1.807) is 0 Å². The molecule has 118 valence electrons. The first-order valence-electron chi connectivity index (χ1n) is 7.84. The van der Waals surface area contributed by atoms with E-state index in [1.807, 2.05) is 18.2 Å². The lowest BCUT2D eigenvalue weighted by molar-refractivity contribution is 0.105. The van der Waals surface area contributed by atoms with E-state index >= 15 is 0 Å². The fourth-order valence-electron chi connectivity index (χ4n) is 3.71. The SMILES string of the molecule is CCNC(Cc1cc(Cl)ccc1Cl)C1(N(C)C)CCCC1. The van der Waals surface area contributed by atoms with Crippen LogP contribution in [0, 0.1) is 0 Å². The summed E-state index contributed by atoms with van der Waals surface area (Å²) in [6.45, 7) is 3.14. The zero-order valence-corrected chi connectivity index (χ0v) is 14.8. The van der Waals surface area contributed by atoms with Crippen molar-refractivity contribution in [1.82, 2.24) is 10.2 Å². The van der Waals surface area contributed by atoms with E-state index in [2.05, 4.69) is 31.2 Å². The molecule has 1 unspecified atom stereocenters. The summed E-state index contributed by atoms with van der Waals surface area (Å²) < 4.78 is 0. The normalized spacial score (nSPS) is 19.1. The van der Waals surface area contributed by atoms with Crippen LogP contribution in [0.3, 0.4) is 0 Å². The number of benzene rings is 1. The molecule has 1 saturated carbocycles. The Kier molecular flexibility index (Phi) is 5.96. The predicted molar refractivity (Wildman–Crippen MR) is 92.5 cm³/mol.